The van der Waals surface area contributed by atoms with Gasteiger partial charge in [-0.15, -0.1) is 0 Å². The van der Waals surface area contributed by atoms with Crippen LogP contribution in [0.4, 0.5) is 52.7 Å². The summed E-state index contributed by atoms with van der Waals surface area (Å²) in [4.78, 5) is 0. The molecule has 0 bridgehead atoms. The molecule has 2 atom stereocenters. The van der Waals surface area contributed by atoms with Crippen molar-refractivity contribution in [1.82, 2.24) is 5.32 Å². The van der Waals surface area contributed by atoms with Gasteiger partial charge in [-0.2, -0.15) is 52.7 Å². The van der Waals surface area contributed by atoms with Crippen molar-refractivity contribution in [2.75, 3.05) is 6.54 Å². The zero-order valence-electron chi connectivity index (χ0n) is 20.7. The number of alkyl halides is 12. The number of ether oxygens (including phenoxy) is 2. The Labute approximate surface area is 229 Å². The summed E-state index contributed by atoms with van der Waals surface area (Å²) in [5, 5.41) is 11.7. The maximum absolute atomic E-state index is 14.4. The average molecular weight is 621 g/mol. The highest BCUT2D eigenvalue weighted by molar-refractivity contribution is 5.42. The molecule has 0 aliphatic carbocycles. The first kappa shape index (κ1) is 32.8. The zero-order chi connectivity index (χ0) is 31.5. The van der Waals surface area contributed by atoms with Crippen molar-refractivity contribution >= 4 is 0 Å². The standard InChI is InChI=1S/C26H19F12NO3/c27-22(28)42-19-9-3-8-18(12-19)41-17-7-2-5-15(11-17)21(39-13-20(40)24(31,32)33)14-4-1-6-16(10-14)23(29,30)25(34,35)26(36,37)38/h1-12,20-22,39-40H,13H2/t20-,21?/m1/s1. The highest BCUT2D eigenvalue weighted by atomic mass is 19.4. The molecule has 0 radical (unpaired) electrons. The maximum atomic E-state index is 14.4. The van der Waals surface area contributed by atoms with Crippen molar-refractivity contribution in [1.29, 1.82) is 0 Å². The van der Waals surface area contributed by atoms with Crippen molar-refractivity contribution < 1.29 is 67.3 Å². The zero-order valence-corrected chi connectivity index (χ0v) is 20.7. The van der Waals surface area contributed by atoms with E-state index in [0.29, 0.717) is 12.1 Å². The lowest BCUT2D eigenvalue weighted by Gasteiger charge is -2.29. The first-order chi connectivity index (χ1) is 19.3. The molecule has 230 valence electrons. The van der Waals surface area contributed by atoms with Gasteiger partial charge < -0.3 is 19.9 Å². The van der Waals surface area contributed by atoms with Crippen LogP contribution >= 0.6 is 0 Å². The molecule has 3 aromatic rings. The van der Waals surface area contributed by atoms with Crippen LogP contribution in [0.5, 0.6) is 17.2 Å². The van der Waals surface area contributed by atoms with Gasteiger partial charge >= 0.3 is 30.8 Å². The summed E-state index contributed by atoms with van der Waals surface area (Å²) < 4.78 is 168. The van der Waals surface area contributed by atoms with Crippen LogP contribution in [0.2, 0.25) is 0 Å². The minimum absolute atomic E-state index is 0.0432. The number of halogens is 12. The van der Waals surface area contributed by atoms with Gasteiger partial charge in [-0.25, -0.2) is 0 Å². The molecule has 0 aliphatic rings. The maximum Gasteiger partial charge on any atom is 0.460 e. The SMILES string of the molecule is O[C@H](CNC(c1cccc(Oc2cccc(OC(F)F)c2)c1)c1cccc(C(F)(F)C(F)(F)C(F)(F)F)c1)C(F)(F)F. The summed E-state index contributed by atoms with van der Waals surface area (Å²) in [6.07, 6.45) is -14.7. The Morgan fingerprint density at radius 1 is 0.690 bits per heavy atom. The lowest BCUT2D eigenvalue weighted by molar-refractivity contribution is -0.359. The van der Waals surface area contributed by atoms with E-state index in [9.17, 15) is 57.8 Å². The Morgan fingerprint density at radius 3 is 1.79 bits per heavy atom. The van der Waals surface area contributed by atoms with E-state index in [1.165, 1.54) is 36.4 Å². The van der Waals surface area contributed by atoms with E-state index in [1.54, 1.807) is 0 Å². The first-order valence-corrected chi connectivity index (χ1v) is 11.6. The molecule has 0 heterocycles. The second-order valence-corrected chi connectivity index (χ2v) is 8.70. The quantitative estimate of drug-likeness (QED) is 0.213. The van der Waals surface area contributed by atoms with Gasteiger partial charge in [0.1, 0.15) is 17.2 Å². The van der Waals surface area contributed by atoms with Gasteiger partial charge in [0.05, 0.1) is 6.04 Å². The lowest BCUT2D eigenvalue weighted by Crippen LogP contribution is -2.50. The van der Waals surface area contributed by atoms with Gasteiger partial charge in [0.25, 0.3) is 0 Å². The van der Waals surface area contributed by atoms with Crippen LogP contribution in [0.15, 0.2) is 72.8 Å². The number of aliphatic hydroxyl groups is 1. The Bertz CT molecular complexity index is 1340. The summed E-state index contributed by atoms with van der Waals surface area (Å²) in [5.41, 5.74) is -2.32. The molecule has 0 saturated heterocycles. The summed E-state index contributed by atoms with van der Waals surface area (Å²) in [6.45, 7) is -4.40. The predicted molar refractivity (Wildman–Crippen MR) is 123 cm³/mol. The number of rotatable bonds is 11. The number of nitrogens with one attached hydrogen (secondary N) is 1. The average Bonchev–Trinajstić information content (AvgIpc) is 2.87. The molecule has 3 aromatic carbocycles. The third-order valence-corrected chi connectivity index (χ3v) is 5.68. The normalized spacial score (nSPS) is 14.5. The van der Waals surface area contributed by atoms with Crippen LogP contribution in [0.25, 0.3) is 0 Å². The third kappa shape index (κ3) is 7.59. The lowest BCUT2D eigenvalue weighted by atomic mass is 9.93. The highest BCUT2D eigenvalue weighted by Gasteiger charge is 2.73. The first-order valence-electron chi connectivity index (χ1n) is 11.6. The van der Waals surface area contributed by atoms with Crippen molar-refractivity contribution in [2.24, 2.45) is 0 Å². The van der Waals surface area contributed by atoms with Crippen LogP contribution < -0.4 is 14.8 Å². The molecule has 1 unspecified atom stereocenters. The fraction of sp³-hybridized carbons (Fsp3) is 0.308. The number of benzene rings is 3. The molecule has 0 saturated carbocycles. The summed E-state index contributed by atoms with van der Waals surface area (Å²) in [5.74, 6) is -12.7. The van der Waals surface area contributed by atoms with E-state index < -0.39 is 60.6 Å². The summed E-state index contributed by atoms with van der Waals surface area (Å²) >= 11 is 0. The van der Waals surface area contributed by atoms with Gasteiger partial charge in [-0.3, -0.25) is 0 Å². The molecule has 0 fully saturated rings. The Hall–Kier alpha value is -3.66. The fourth-order valence-electron chi connectivity index (χ4n) is 3.65. The Balaban J connectivity index is 2.02. The van der Waals surface area contributed by atoms with Crippen LogP contribution in [0.3, 0.4) is 0 Å². The van der Waals surface area contributed by atoms with E-state index in [-0.39, 0.29) is 28.9 Å². The minimum Gasteiger partial charge on any atom is -0.457 e. The van der Waals surface area contributed by atoms with Crippen molar-refractivity contribution in [3.05, 3.63) is 89.5 Å². The second kappa shape index (κ2) is 12.3. The second-order valence-electron chi connectivity index (χ2n) is 8.70. The summed E-state index contributed by atoms with van der Waals surface area (Å²) in [6, 6.07) is 10.5. The van der Waals surface area contributed by atoms with E-state index >= 15 is 0 Å². The van der Waals surface area contributed by atoms with Crippen LogP contribution in [0, 0.1) is 0 Å². The molecule has 0 spiro atoms. The third-order valence-electron chi connectivity index (χ3n) is 5.68. The van der Waals surface area contributed by atoms with Gasteiger partial charge in [0.2, 0.25) is 0 Å². The van der Waals surface area contributed by atoms with Crippen molar-refractivity contribution in [3.8, 4) is 17.2 Å². The largest absolute Gasteiger partial charge is 0.460 e. The molecule has 3 rings (SSSR count). The molecule has 2 N–H and O–H groups in total. The Morgan fingerprint density at radius 2 is 1.21 bits per heavy atom. The minimum atomic E-state index is -6.63. The molecule has 4 nitrogen and oxygen atoms in total. The van der Waals surface area contributed by atoms with Gasteiger partial charge in [-0.1, -0.05) is 36.4 Å². The number of aliphatic hydroxyl groups excluding tert-OH is 1. The van der Waals surface area contributed by atoms with E-state index in [1.807, 2.05) is 0 Å². The summed E-state index contributed by atoms with van der Waals surface area (Å²) in [7, 11) is 0. The van der Waals surface area contributed by atoms with Crippen molar-refractivity contribution in [2.45, 2.75) is 43.0 Å². The molecule has 0 aliphatic heterocycles. The van der Waals surface area contributed by atoms with Crippen LogP contribution in [-0.2, 0) is 5.92 Å². The fourth-order valence-corrected chi connectivity index (χ4v) is 3.65. The highest BCUT2D eigenvalue weighted by Crippen LogP contribution is 2.52. The number of hydrogen-bond donors (Lipinski definition) is 2. The molecular formula is C26H19F12NO3. The molecule has 16 heteroatoms. The number of hydrogen-bond acceptors (Lipinski definition) is 4. The topological polar surface area (TPSA) is 50.7 Å². The van der Waals surface area contributed by atoms with Crippen LogP contribution in [-0.4, -0.2) is 42.6 Å². The monoisotopic (exact) mass is 621 g/mol. The molecule has 42 heavy (non-hydrogen) atoms. The van der Waals surface area contributed by atoms with Gasteiger partial charge in [0.15, 0.2) is 6.10 Å². The van der Waals surface area contributed by atoms with E-state index in [0.717, 1.165) is 18.2 Å². The molecule has 0 aromatic heterocycles. The smallest absolute Gasteiger partial charge is 0.457 e. The van der Waals surface area contributed by atoms with Crippen molar-refractivity contribution in [3.63, 3.8) is 0 Å². The van der Waals surface area contributed by atoms with E-state index in [4.69, 9.17) is 4.74 Å². The predicted octanol–water partition coefficient (Wildman–Crippen LogP) is 7.97. The van der Waals surface area contributed by atoms with E-state index in [2.05, 4.69) is 10.1 Å². The van der Waals surface area contributed by atoms with Gasteiger partial charge in [-0.05, 0) is 41.5 Å². The Kier molecular flexibility index (Phi) is 9.61. The van der Waals surface area contributed by atoms with Crippen LogP contribution in [0.1, 0.15) is 22.7 Å². The molecular weight excluding hydrogens is 602 g/mol. The molecule has 0 amide bonds. The van der Waals surface area contributed by atoms with Gasteiger partial charge in [0, 0.05) is 18.2 Å².